The van der Waals surface area contributed by atoms with Crippen molar-refractivity contribution in [1.82, 2.24) is 14.6 Å². The minimum atomic E-state index is -2.97. The lowest BCUT2D eigenvalue weighted by Crippen LogP contribution is -2.55. The molecule has 5 nitrogen and oxygen atoms in total. The van der Waals surface area contributed by atoms with Gasteiger partial charge in [0.15, 0.2) is 10.8 Å². The van der Waals surface area contributed by atoms with Crippen LogP contribution in [0.15, 0.2) is 30.6 Å². The molecule has 0 unspecified atom stereocenters. The topological polar surface area (TPSA) is 73.3 Å². The molecule has 0 aromatic carbocycles. The summed E-state index contributed by atoms with van der Waals surface area (Å²) in [5.74, 6) is -4.65. The van der Waals surface area contributed by atoms with E-state index in [0.29, 0.717) is 28.4 Å². The van der Waals surface area contributed by atoms with Crippen molar-refractivity contribution in [2.24, 2.45) is 11.7 Å². The number of carbonyl (C=O) groups is 1. The molecule has 28 heavy (non-hydrogen) atoms. The molecule has 0 spiro atoms. The molecule has 2 atom stereocenters. The molecular weight excluding hydrogens is 406 g/mol. The van der Waals surface area contributed by atoms with Crippen LogP contribution in [0.25, 0.3) is 16.8 Å². The van der Waals surface area contributed by atoms with E-state index in [1.54, 1.807) is 23.8 Å². The number of halogens is 3. The minimum Gasteiger partial charge on any atom is -0.325 e. The highest BCUT2D eigenvalue weighted by Gasteiger charge is 2.52. The molecule has 0 bridgehead atoms. The van der Waals surface area contributed by atoms with Crippen LogP contribution in [0, 0.1) is 5.92 Å². The molecule has 0 aliphatic heterocycles. The maximum Gasteiger partial charge on any atom is 0.253 e. The predicted octanol–water partition coefficient (Wildman–Crippen LogP) is 4.84. The van der Waals surface area contributed by atoms with Gasteiger partial charge in [-0.2, -0.15) is 5.10 Å². The summed E-state index contributed by atoms with van der Waals surface area (Å²) in [6.07, 6.45) is 3.64. The molecule has 9 heteroatoms. The highest BCUT2D eigenvalue weighted by Crippen LogP contribution is 2.45. The number of rotatable bonds is 4. The first-order chi connectivity index (χ1) is 13.2. The number of ketones is 1. The van der Waals surface area contributed by atoms with Crippen molar-refractivity contribution in [3.63, 3.8) is 0 Å². The van der Waals surface area contributed by atoms with E-state index in [1.165, 1.54) is 0 Å². The number of Topliss-reactive ketones (excluding diaryl/α,β-unsaturated/α-hetero) is 1. The number of carbonyl (C=O) groups excluding carboxylic acids is 1. The fourth-order valence-electron chi connectivity index (χ4n) is 3.89. The number of thiazole rings is 1. The highest BCUT2D eigenvalue weighted by atomic mass is 35.5. The minimum absolute atomic E-state index is 0.118. The summed E-state index contributed by atoms with van der Waals surface area (Å²) >= 11 is 7.33. The van der Waals surface area contributed by atoms with Crippen LogP contribution in [0.1, 0.15) is 42.4 Å². The molecule has 0 radical (unpaired) electrons. The van der Waals surface area contributed by atoms with E-state index in [0.717, 1.165) is 16.9 Å². The van der Waals surface area contributed by atoms with E-state index >= 15 is 0 Å². The monoisotopic (exact) mass is 424 g/mol. The van der Waals surface area contributed by atoms with Crippen LogP contribution in [0.2, 0.25) is 4.34 Å². The molecular formula is C19H19ClF2N4OS. The van der Waals surface area contributed by atoms with Crippen LogP contribution >= 0.6 is 22.9 Å². The Kier molecular flexibility index (Phi) is 4.76. The zero-order chi connectivity index (χ0) is 20.1. The first kappa shape index (κ1) is 19.4. The van der Waals surface area contributed by atoms with Crippen LogP contribution in [-0.4, -0.2) is 31.8 Å². The third-order valence-corrected chi connectivity index (χ3v) is 6.72. The van der Waals surface area contributed by atoms with Crippen LogP contribution < -0.4 is 5.73 Å². The number of hydrogen-bond acceptors (Lipinski definition) is 5. The lowest BCUT2D eigenvalue weighted by molar-refractivity contribution is -0.112. The van der Waals surface area contributed by atoms with Crippen molar-refractivity contribution in [1.29, 1.82) is 0 Å². The average Bonchev–Trinajstić information content (AvgIpc) is 3.21. The van der Waals surface area contributed by atoms with E-state index in [-0.39, 0.29) is 17.8 Å². The first-order valence-corrected chi connectivity index (χ1v) is 10.2. The fraction of sp³-hybridized carbons (Fsp3) is 0.421. The van der Waals surface area contributed by atoms with E-state index in [1.807, 2.05) is 18.2 Å². The fourth-order valence-corrected chi connectivity index (χ4v) is 5.01. The van der Waals surface area contributed by atoms with Crippen molar-refractivity contribution in [2.75, 3.05) is 0 Å². The summed E-state index contributed by atoms with van der Waals surface area (Å²) in [7, 11) is 0. The maximum atomic E-state index is 14.4. The van der Waals surface area contributed by atoms with Gasteiger partial charge in [-0.15, -0.1) is 0 Å². The lowest BCUT2D eigenvalue weighted by atomic mass is 9.70. The molecule has 0 amide bonds. The van der Waals surface area contributed by atoms with Crippen LogP contribution in [0.5, 0.6) is 0 Å². The standard InChI is InChI=1S/C19H19ClF2N4OS/c1-18(23)6-4-7-19(21,22)14(18)9-13(27)17-25-15(16(20)28-17)11-10-24-26-8-3-2-5-12(11)26/h2-3,5,8,10,14H,4,6-7,9,23H2,1H3/t14-,18+/m1/s1. The van der Waals surface area contributed by atoms with E-state index in [4.69, 9.17) is 17.3 Å². The maximum absolute atomic E-state index is 14.4. The van der Waals surface area contributed by atoms with Gasteiger partial charge in [-0.05, 0) is 31.9 Å². The second kappa shape index (κ2) is 6.86. The number of hydrogen-bond donors (Lipinski definition) is 1. The quantitative estimate of drug-likeness (QED) is 0.608. The number of fused-ring (bicyclic) bond motifs is 1. The van der Waals surface area contributed by atoms with Gasteiger partial charge in [0.1, 0.15) is 10.0 Å². The van der Waals surface area contributed by atoms with Crippen LogP contribution in [-0.2, 0) is 0 Å². The van der Waals surface area contributed by atoms with Gasteiger partial charge in [-0.3, -0.25) is 4.79 Å². The van der Waals surface area contributed by atoms with E-state index < -0.39 is 23.2 Å². The first-order valence-electron chi connectivity index (χ1n) is 8.98. The summed E-state index contributed by atoms with van der Waals surface area (Å²) in [5, 5.41) is 4.36. The average molecular weight is 425 g/mol. The Labute approximate surface area is 169 Å². The van der Waals surface area contributed by atoms with Gasteiger partial charge in [0, 0.05) is 36.1 Å². The van der Waals surface area contributed by atoms with Gasteiger partial charge in [0.25, 0.3) is 5.92 Å². The third-order valence-electron chi connectivity index (χ3n) is 5.43. The van der Waals surface area contributed by atoms with Crippen LogP contribution in [0.4, 0.5) is 8.78 Å². The molecule has 0 saturated heterocycles. The number of aromatic nitrogens is 3. The van der Waals surface area contributed by atoms with E-state index in [2.05, 4.69) is 10.1 Å². The van der Waals surface area contributed by atoms with Crippen molar-refractivity contribution >= 4 is 34.2 Å². The molecule has 1 saturated carbocycles. The molecule has 148 valence electrons. The Hall–Kier alpha value is -1.90. The molecule has 3 aromatic rings. The van der Waals surface area contributed by atoms with Gasteiger partial charge < -0.3 is 5.73 Å². The SMILES string of the molecule is C[C@]1(N)CCCC(F)(F)[C@@H]1CC(=O)c1nc(-c2cnn3ccccc23)c(Cl)s1. The highest BCUT2D eigenvalue weighted by molar-refractivity contribution is 7.18. The number of alkyl halides is 2. The molecule has 1 fully saturated rings. The smallest absolute Gasteiger partial charge is 0.253 e. The Morgan fingerprint density at radius 3 is 2.96 bits per heavy atom. The Bertz CT molecular complexity index is 1030. The van der Waals surface area contributed by atoms with Crippen molar-refractivity contribution in [2.45, 2.75) is 44.1 Å². The predicted molar refractivity (Wildman–Crippen MR) is 105 cm³/mol. The zero-order valence-corrected chi connectivity index (χ0v) is 16.7. The summed E-state index contributed by atoms with van der Waals surface area (Å²) < 4.78 is 30.9. The lowest BCUT2D eigenvalue weighted by Gasteiger charge is -2.43. The van der Waals surface area contributed by atoms with Crippen LogP contribution in [0.3, 0.4) is 0 Å². The van der Waals surface area contributed by atoms with Crippen molar-refractivity contribution in [3.8, 4) is 11.3 Å². The van der Waals surface area contributed by atoms with Gasteiger partial charge in [-0.25, -0.2) is 18.3 Å². The third kappa shape index (κ3) is 3.33. The van der Waals surface area contributed by atoms with E-state index in [9.17, 15) is 13.6 Å². The normalized spacial score (nSPS) is 24.5. The Morgan fingerprint density at radius 1 is 1.43 bits per heavy atom. The van der Waals surface area contributed by atoms with Crippen molar-refractivity contribution in [3.05, 3.63) is 39.9 Å². The number of pyridine rings is 1. The molecule has 1 aliphatic rings. The Balaban J connectivity index is 1.64. The molecule has 2 N–H and O–H groups in total. The number of nitrogens with zero attached hydrogens (tertiary/aromatic N) is 3. The summed E-state index contributed by atoms with van der Waals surface area (Å²) in [6, 6.07) is 5.57. The second-order valence-corrected chi connectivity index (χ2v) is 9.13. The zero-order valence-electron chi connectivity index (χ0n) is 15.2. The van der Waals surface area contributed by atoms with Crippen molar-refractivity contribution < 1.29 is 13.6 Å². The summed E-state index contributed by atoms with van der Waals surface area (Å²) in [4.78, 5) is 17.1. The van der Waals surface area contributed by atoms with Gasteiger partial charge in [-0.1, -0.05) is 29.0 Å². The largest absolute Gasteiger partial charge is 0.325 e. The second-order valence-electron chi connectivity index (χ2n) is 7.53. The molecule has 4 rings (SSSR count). The van der Waals surface area contributed by atoms with Gasteiger partial charge in [0.2, 0.25) is 0 Å². The molecule has 1 aliphatic carbocycles. The van der Waals surface area contributed by atoms with Gasteiger partial charge in [0.05, 0.1) is 11.7 Å². The Morgan fingerprint density at radius 2 is 2.21 bits per heavy atom. The molecule has 3 heterocycles. The summed E-state index contributed by atoms with van der Waals surface area (Å²) in [6.45, 7) is 1.59. The molecule has 3 aromatic heterocycles. The van der Waals surface area contributed by atoms with Gasteiger partial charge >= 0.3 is 0 Å². The number of nitrogens with two attached hydrogens (primary N) is 1. The summed E-state index contributed by atoms with van der Waals surface area (Å²) in [5.41, 5.74) is 6.93.